The van der Waals surface area contributed by atoms with Crippen LogP contribution in [0.3, 0.4) is 0 Å². The van der Waals surface area contributed by atoms with Gasteiger partial charge in [0.15, 0.2) is 0 Å². The number of nitrogens with one attached hydrogen (secondary N) is 1. The topological polar surface area (TPSA) is 59.1 Å². The maximum Gasteiger partial charge on any atom is 0.417 e. The van der Waals surface area contributed by atoms with Crippen molar-refractivity contribution in [1.29, 1.82) is 0 Å². The van der Waals surface area contributed by atoms with Crippen molar-refractivity contribution < 1.29 is 22.8 Å². The van der Waals surface area contributed by atoms with Crippen LogP contribution < -0.4 is 5.32 Å². The molecule has 0 aromatic carbocycles. The van der Waals surface area contributed by atoms with Gasteiger partial charge in [-0.1, -0.05) is 0 Å². The second kappa shape index (κ2) is 5.82. The van der Waals surface area contributed by atoms with Crippen molar-refractivity contribution in [2.45, 2.75) is 24.3 Å². The molecule has 0 bridgehead atoms. The van der Waals surface area contributed by atoms with E-state index in [0.29, 0.717) is 12.5 Å². The first-order valence-electron chi connectivity index (χ1n) is 5.87. The number of nitrogens with zero attached hydrogens (tertiary/aromatic N) is 1. The van der Waals surface area contributed by atoms with Crippen molar-refractivity contribution in [3.63, 3.8) is 0 Å². The monoisotopic (exact) mass is 304 g/mol. The van der Waals surface area contributed by atoms with E-state index in [0.717, 1.165) is 24.6 Å². The first-order chi connectivity index (χ1) is 9.39. The normalized spacial score (nSPS) is 18.9. The van der Waals surface area contributed by atoms with Crippen LogP contribution in [0.1, 0.15) is 28.8 Å². The summed E-state index contributed by atoms with van der Waals surface area (Å²) in [6.45, 7) is 0. The number of pyridine rings is 1. The number of hydrogen-bond donors (Lipinski definition) is 1. The van der Waals surface area contributed by atoms with Crippen LogP contribution in [-0.4, -0.2) is 27.8 Å². The second-order valence-corrected chi connectivity index (χ2v) is 5.55. The Balaban J connectivity index is 2.15. The number of carbonyl (C=O) groups is 2. The van der Waals surface area contributed by atoms with Gasteiger partial charge in [0.1, 0.15) is 0 Å². The van der Waals surface area contributed by atoms with E-state index < -0.39 is 29.1 Å². The summed E-state index contributed by atoms with van der Waals surface area (Å²) in [5, 5.41) is 1.64. The van der Waals surface area contributed by atoms with E-state index in [9.17, 15) is 22.8 Å². The number of rotatable bonds is 2. The smallest absolute Gasteiger partial charge is 0.291 e. The standard InChI is InChI=1S/C12H11F3N2O2S/c13-12(14,15)8-3-4-16-6-7(8)10(18)17-11(19)9-2-1-5-20-9/h3-4,6,9H,1-2,5H2,(H,17,18,19). The van der Waals surface area contributed by atoms with Gasteiger partial charge in [-0.2, -0.15) is 13.2 Å². The highest BCUT2D eigenvalue weighted by Crippen LogP contribution is 2.31. The Morgan fingerprint density at radius 2 is 2.15 bits per heavy atom. The molecule has 2 amide bonds. The molecule has 1 aliphatic heterocycles. The second-order valence-electron chi connectivity index (χ2n) is 4.24. The summed E-state index contributed by atoms with van der Waals surface area (Å²) in [6.07, 6.45) is -1.41. The molecule has 1 aromatic rings. The van der Waals surface area contributed by atoms with E-state index in [4.69, 9.17) is 0 Å². The van der Waals surface area contributed by atoms with Crippen LogP contribution in [-0.2, 0) is 11.0 Å². The lowest BCUT2D eigenvalue weighted by Gasteiger charge is -2.13. The van der Waals surface area contributed by atoms with E-state index in [1.807, 2.05) is 5.32 Å². The lowest BCUT2D eigenvalue weighted by Crippen LogP contribution is -2.37. The number of thioether (sulfide) groups is 1. The third-order valence-electron chi connectivity index (χ3n) is 2.83. The van der Waals surface area contributed by atoms with Crippen molar-refractivity contribution in [2.75, 3.05) is 5.75 Å². The van der Waals surface area contributed by atoms with Gasteiger partial charge in [-0.05, 0) is 24.7 Å². The van der Waals surface area contributed by atoms with Crippen LogP contribution in [0.4, 0.5) is 13.2 Å². The van der Waals surface area contributed by atoms with E-state index in [2.05, 4.69) is 4.98 Å². The number of halogens is 3. The lowest BCUT2D eigenvalue weighted by molar-refractivity contribution is -0.138. The molecule has 1 saturated heterocycles. The molecule has 1 atom stereocenters. The lowest BCUT2D eigenvalue weighted by atomic mass is 10.1. The Labute approximate surface area is 117 Å². The fraction of sp³-hybridized carbons (Fsp3) is 0.417. The molecule has 108 valence electrons. The number of carbonyl (C=O) groups excluding carboxylic acids is 2. The van der Waals surface area contributed by atoms with E-state index in [1.165, 1.54) is 11.8 Å². The molecule has 1 aliphatic rings. The number of imide groups is 1. The van der Waals surface area contributed by atoms with Gasteiger partial charge in [-0.15, -0.1) is 11.8 Å². The molecule has 0 spiro atoms. The Hall–Kier alpha value is -1.57. The minimum atomic E-state index is -4.67. The highest BCUT2D eigenvalue weighted by molar-refractivity contribution is 8.00. The summed E-state index contributed by atoms with van der Waals surface area (Å²) < 4.78 is 38.3. The number of hydrogen-bond acceptors (Lipinski definition) is 4. The fourth-order valence-corrected chi connectivity index (χ4v) is 3.03. The van der Waals surface area contributed by atoms with Crippen molar-refractivity contribution >= 4 is 23.6 Å². The molecule has 0 saturated carbocycles. The Kier molecular flexibility index (Phi) is 4.32. The summed E-state index contributed by atoms with van der Waals surface area (Å²) in [5.74, 6) is -0.801. The number of aromatic nitrogens is 1. The van der Waals surface area contributed by atoms with Gasteiger partial charge >= 0.3 is 6.18 Å². The Morgan fingerprint density at radius 3 is 2.75 bits per heavy atom. The zero-order valence-corrected chi connectivity index (χ0v) is 11.1. The molecule has 1 N–H and O–H groups in total. The maximum atomic E-state index is 12.8. The van der Waals surface area contributed by atoms with Gasteiger partial charge in [-0.3, -0.25) is 19.9 Å². The largest absolute Gasteiger partial charge is 0.417 e. The summed E-state index contributed by atoms with van der Waals surface area (Å²) in [6, 6.07) is 0.712. The molecule has 2 rings (SSSR count). The Morgan fingerprint density at radius 1 is 1.40 bits per heavy atom. The fourth-order valence-electron chi connectivity index (χ4n) is 1.87. The van der Waals surface area contributed by atoms with Crippen molar-refractivity contribution in [3.8, 4) is 0 Å². The number of amides is 2. The third-order valence-corrected chi connectivity index (χ3v) is 4.21. The van der Waals surface area contributed by atoms with Crippen molar-refractivity contribution in [2.24, 2.45) is 0 Å². The predicted octanol–water partition coefficient (Wildman–Crippen LogP) is 2.25. The summed E-state index contributed by atoms with van der Waals surface area (Å²) in [4.78, 5) is 27.0. The molecule has 0 aliphatic carbocycles. The molecular weight excluding hydrogens is 293 g/mol. The molecule has 1 fully saturated rings. The molecule has 20 heavy (non-hydrogen) atoms. The van der Waals surface area contributed by atoms with Crippen LogP contribution in [0, 0.1) is 0 Å². The molecule has 1 unspecified atom stereocenters. The van der Waals surface area contributed by atoms with Gasteiger partial charge in [0.25, 0.3) is 5.91 Å². The highest BCUT2D eigenvalue weighted by atomic mass is 32.2. The minimum absolute atomic E-state index is 0.370. The molecule has 2 heterocycles. The SMILES string of the molecule is O=C(NC(=O)C1CCCS1)c1cnccc1C(F)(F)F. The first kappa shape index (κ1) is 14.8. The van der Waals surface area contributed by atoms with E-state index in [-0.39, 0.29) is 5.25 Å². The van der Waals surface area contributed by atoms with Gasteiger partial charge in [0.05, 0.1) is 16.4 Å². The quantitative estimate of drug-likeness (QED) is 0.851. The van der Waals surface area contributed by atoms with Crippen LogP contribution in [0.15, 0.2) is 18.5 Å². The first-order valence-corrected chi connectivity index (χ1v) is 6.92. The molecule has 0 radical (unpaired) electrons. The Bertz CT molecular complexity index is 528. The average molecular weight is 304 g/mol. The van der Waals surface area contributed by atoms with Crippen LogP contribution in [0.2, 0.25) is 0 Å². The van der Waals surface area contributed by atoms with Gasteiger partial charge < -0.3 is 0 Å². The highest BCUT2D eigenvalue weighted by Gasteiger charge is 2.36. The average Bonchev–Trinajstić information content (AvgIpc) is 2.91. The summed E-state index contributed by atoms with van der Waals surface area (Å²) in [7, 11) is 0. The van der Waals surface area contributed by atoms with Crippen LogP contribution in [0.25, 0.3) is 0 Å². The maximum absolute atomic E-state index is 12.8. The summed E-state index contributed by atoms with van der Waals surface area (Å²) in [5.41, 5.74) is -1.74. The predicted molar refractivity (Wildman–Crippen MR) is 67.2 cm³/mol. The minimum Gasteiger partial charge on any atom is -0.291 e. The third kappa shape index (κ3) is 3.30. The molecule has 1 aromatic heterocycles. The molecule has 4 nitrogen and oxygen atoms in total. The zero-order chi connectivity index (χ0) is 14.8. The van der Waals surface area contributed by atoms with Crippen molar-refractivity contribution in [3.05, 3.63) is 29.6 Å². The van der Waals surface area contributed by atoms with Crippen LogP contribution in [0.5, 0.6) is 0 Å². The van der Waals surface area contributed by atoms with E-state index >= 15 is 0 Å². The molecule has 8 heteroatoms. The van der Waals surface area contributed by atoms with Gasteiger partial charge in [0.2, 0.25) is 5.91 Å². The van der Waals surface area contributed by atoms with Gasteiger partial charge in [0, 0.05) is 12.4 Å². The zero-order valence-electron chi connectivity index (χ0n) is 10.2. The van der Waals surface area contributed by atoms with Gasteiger partial charge in [-0.25, -0.2) is 0 Å². The van der Waals surface area contributed by atoms with Crippen LogP contribution >= 0.6 is 11.8 Å². The number of alkyl halides is 3. The summed E-state index contributed by atoms with van der Waals surface area (Å²) >= 11 is 1.40. The van der Waals surface area contributed by atoms with E-state index in [1.54, 1.807) is 0 Å². The molecular formula is C12H11F3N2O2S. The van der Waals surface area contributed by atoms with Crippen molar-refractivity contribution in [1.82, 2.24) is 10.3 Å².